The second kappa shape index (κ2) is 7.83. The van der Waals surface area contributed by atoms with E-state index in [2.05, 4.69) is 30.9 Å². The van der Waals surface area contributed by atoms with Gasteiger partial charge in [0.1, 0.15) is 14.7 Å². The van der Waals surface area contributed by atoms with Crippen molar-refractivity contribution >= 4 is 55.4 Å². The number of urea groups is 1. The van der Waals surface area contributed by atoms with E-state index in [-0.39, 0.29) is 15.5 Å². The van der Waals surface area contributed by atoms with E-state index < -0.39 is 21.2 Å². The lowest BCUT2D eigenvalue weighted by atomic mass is 9.98. The lowest BCUT2D eigenvalue weighted by molar-refractivity contribution is 0.244. The zero-order valence-corrected chi connectivity index (χ0v) is 16.3. The van der Waals surface area contributed by atoms with Crippen LogP contribution in [0.2, 0.25) is 0 Å². The Kier molecular flexibility index (Phi) is 5.74. The predicted octanol–water partition coefficient (Wildman–Crippen LogP) is 1.21. The van der Waals surface area contributed by atoms with Gasteiger partial charge in [-0.1, -0.05) is 22.6 Å². The molecular weight excluding hydrogens is 459 g/mol. The molecular formula is C14H19IN6O3S. The molecule has 3 heterocycles. The first kappa shape index (κ1) is 18.3. The van der Waals surface area contributed by atoms with Crippen LogP contribution in [0.3, 0.4) is 0 Å². The number of piperidine rings is 1. The number of hydrogen-bond donors (Lipinski definition) is 4. The van der Waals surface area contributed by atoms with E-state index in [0.29, 0.717) is 24.0 Å². The summed E-state index contributed by atoms with van der Waals surface area (Å²) in [4.78, 5) is 23.6. The third-order valence-corrected chi connectivity index (χ3v) is 8.31. The highest BCUT2D eigenvalue weighted by atomic mass is 127. The molecule has 0 aliphatic carbocycles. The standard InChI is InChI=1S/C14H19IN6O3S/c15-8-25(23,24)13(9-1-4-16-5-2-9)21-14(22)20-11-7-18-12-10(19-11)3-6-17-12/h3,6-7,9,13,16H,1-2,4-5,8H2,(H,17,18)(H2,19,20,21,22). The highest BCUT2D eigenvalue weighted by Gasteiger charge is 2.34. The first-order valence-electron chi connectivity index (χ1n) is 7.85. The van der Waals surface area contributed by atoms with Crippen molar-refractivity contribution in [3.05, 3.63) is 18.5 Å². The summed E-state index contributed by atoms with van der Waals surface area (Å²) < 4.78 is 24.8. The molecule has 1 unspecified atom stereocenters. The Morgan fingerprint density at radius 2 is 2.16 bits per heavy atom. The second-order valence-electron chi connectivity index (χ2n) is 5.85. The number of rotatable bonds is 5. The third-order valence-electron chi connectivity index (χ3n) is 4.13. The summed E-state index contributed by atoms with van der Waals surface area (Å²) in [6.45, 7) is 1.49. The normalized spacial score (nSPS) is 17.3. The number of H-pyrrole nitrogens is 1. The molecule has 9 nitrogen and oxygen atoms in total. The molecule has 2 aromatic heterocycles. The van der Waals surface area contributed by atoms with E-state index in [1.165, 1.54) is 6.20 Å². The quantitative estimate of drug-likeness (QED) is 0.378. The number of sulfone groups is 1. The van der Waals surface area contributed by atoms with Crippen LogP contribution < -0.4 is 16.0 Å². The van der Waals surface area contributed by atoms with Crippen LogP contribution in [-0.2, 0) is 9.84 Å². The minimum atomic E-state index is -3.43. The largest absolute Gasteiger partial charge is 0.345 e. The monoisotopic (exact) mass is 478 g/mol. The zero-order valence-electron chi connectivity index (χ0n) is 13.3. The van der Waals surface area contributed by atoms with Crippen LogP contribution >= 0.6 is 22.6 Å². The number of fused-ring (bicyclic) bond motifs is 1. The summed E-state index contributed by atoms with van der Waals surface area (Å²) in [5.41, 5.74) is 1.23. The van der Waals surface area contributed by atoms with Gasteiger partial charge in [-0.25, -0.2) is 23.2 Å². The molecule has 0 bridgehead atoms. The molecule has 136 valence electrons. The Balaban J connectivity index is 1.72. The Morgan fingerprint density at radius 3 is 2.88 bits per heavy atom. The van der Waals surface area contributed by atoms with E-state index in [1.54, 1.807) is 12.3 Å². The van der Waals surface area contributed by atoms with Crippen LogP contribution in [0.25, 0.3) is 11.2 Å². The average molecular weight is 478 g/mol. The number of carbonyl (C=O) groups excluding carboxylic acids is 1. The van der Waals surface area contributed by atoms with Gasteiger partial charge in [-0.3, -0.25) is 5.32 Å². The SMILES string of the molecule is O=C(Nc1cnc2[nH]ccc2n1)NC(C1CCNCC1)S(=O)(=O)CI. The van der Waals surface area contributed by atoms with E-state index in [1.807, 2.05) is 22.6 Å². The van der Waals surface area contributed by atoms with Gasteiger partial charge in [-0.05, 0) is 37.9 Å². The number of nitrogens with zero attached hydrogens (tertiary/aromatic N) is 2. The molecule has 4 N–H and O–H groups in total. The lowest BCUT2D eigenvalue weighted by Crippen LogP contribution is -2.50. The summed E-state index contributed by atoms with van der Waals surface area (Å²) in [7, 11) is -3.43. The summed E-state index contributed by atoms with van der Waals surface area (Å²) >= 11 is 1.82. The summed E-state index contributed by atoms with van der Waals surface area (Å²) in [5.74, 6) is 0.158. The van der Waals surface area contributed by atoms with Crippen LogP contribution in [-0.4, -0.2) is 51.6 Å². The fourth-order valence-corrected chi connectivity index (χ4v) is 5.33. The number of hydrogen-bond acceptors (Lipinski definition) is 6. The van der Waals surface area contributed by atoms with Gasteiger partial charge in [0, 0.05) is 6.20 Å². The average Bonchev–Trinajstić information content (AvgIpc) is 3.08. The zero-order chi connectivity index (χ0) is 17.9. The number of anilines is 1. The number of amides is 2. The Hall–Kier alpha value is -1.47. The molecule has 11 heteroatoms. The van der Waals surface area contributed by atoms with Gasteiger partial charge in [-0.2, -0.15) is 0 Å². The van der Waals surface area contributed by atoms with Crippen molar-refractivity contribution in [1.29, 1.82) is 0 Å². The van der Waals surface area contributed by atoms with E-state index in [9.17, 15) is 13.2 Å². The molecule has 2 amide bonds. The van der Waals surface area contributed by atoms with Crippen LogP contribution in [0, 0.1) is 5.92 Å². The molecule has 0 radical (unpaired) electrons. The van der Waals surface area contributed by atoms with Gasteiger partial charge < -0.3 is 15.6 Å². The number of aromatic amines is 1. The van der Waals surface area contributed by atoms with Crippen LogP contribution in [0.1, 0.15) is 12.8 Å². The van der Waals surface area contributed by atoms with E-state index in [4.69, 9.17) is 0 Å². The molecule has 25 heavy (non-hydrogen) atoms. The van der Waals surface area contributed by atoms with Gasteiger partial charge in [0.25, 0.3) is 0 Å². The number of carbonyl (C=O) groups is 1. The maximum atomic E-state index is 12.4. The molecule has 1 aliphatic heterocycles. The molecule has 0 spiro atoms. The Morgan fingerprint density at radius 1 is 1.40 bits per heavy atom. The Labute approximate surface area is 158 Å². The van der Waals surface area contributed by atoms with E-state index in [0.717, 1.165) is 13.1 Å². The van der Waals surface area contributed by atoms with Crippen molar-refractivity contribution in [2.75, 3.05) is 22.2 Å². The van der Waals surface area contributed by atoms with Gasteiger partial charge in [0.05, 0.1) is 6.20 Å². The summed E-state index contributed by atoms with van der Waals surface area (Å²) in [6, 6.07) is 1.14. The fourth-order valence-electron chi connectivity index (χ4n) is 2.89. The summed E-state index contributed by atoms with van der Waals surface area (Å²) in [6.07, 6.45) is 4.53. The predicted molar refractivity (Wildman–Crippen MR) is 103 cm³/mol. The Bertz CT molecular complexity index is 849. The molecule has 1 saturated heterocycles. The molecule has 1 atom stereocenters. The number of aromatic nitrogens is 3. The molecule has 1 aliphatic rings. The number of halogens is 1. The van der Waals surface area contributed by atoms with E-state index >= 15 is 0 Å². The van der Waals surface area contributed by atoms with Crippen molar-refractivity contribution < 1.29 is 13.2 Å². The minimum Gasteiger partial charge on any atom is -0.345 e. The third kappa shape index (κ3) is 4.39. The van der Waals surface area contributed by atoms with Gasteiger partial charge in [-0.15, -0.1) is 0 Å². The van der Waals surface area contributed by atoms with Gasteiger partial charge in [0.2, 0.25) is 0 Å². The smallest absolute Gasteiger partial charge is 0.321 e. The second-order valence-corrected chi connectivity index (χ2v) is 9.77. The summed E-state index contributed by atoms with van der Waals surface area (Å²) in [5, 5.41) is 7.49. The van der Waals surface area contributed by atoms with Crippen molar-refractivity contribution in [2.24, 2.45) is 5.92 Å². The van der Waals surface area contributed by atoms with Gasteiger partial charge >= 0.3 is 6.03 Å². The molecule has 2 aromatic rings. The van der Waals surface area contributed by atoms with Gasteiger partial charge in [0.15, 0.2) is 21.3 Å². The van der Waals surface area contributed by atoms with Crippen LogP contribution in [0.4, 0.5) is 10.6 Å². The molecule has 3 rings (SSSR count). The molecule has 1 fully saturated rings. The van der Waals surface area contributed by atoms with Crippen molar-refractivity contribution in [3.63, 3.8) is 0 Å². The molecule has 0 saturated carbocycles. The number of alkyl halides is 1. The highest BCUT2D eigenvalue weighted by Crippen LogP contribution is 2.22. The van der Waals surface area contributed by atoms with Crippen LogP contribution in [0.15, 0.2) is 18.5 Å². The minimum absolute atomic E-state index is 0.0469. The first-order chi connectivity index (χ1) is 12.0. The van der Waals surface area contributed by atoms with Crippen molar-refractivity contribution in [3.8, 4) is 0 Å². The number of nitrogens with one attached hydrogen (secondary N) is 4. The van der Waals surface area contributed by atoms with Crippen molar-refractivity contribution in [2.45, 2.75) is 18.2 Å². The van der Waals surface area contributed by atoms with Crippen molar-refractivity contribution in [1.82, 2.24) is 25.6 Å². The van der Waals surface area contributed by atoms with Crippen LogP contribution in [0.5, 0.6) is 0 Å². The first-order valence-corrected chi connectivity index (χ1v) is 11.1. The highest BCUT2D eigenvalue weighted by molar-refractivity contribution is 14.1. The molecule has 0 aromatic carbocycles. The maximum Gasteiger partial charge on any atom is 0.321 e. The topological polar surface area (TPSA) is 129 Å². The lowest BCUT2D eigenvalue weighted by Gasteiger charge is -2.30. The maximum absolute atomic E-state index is 12.4. The fraction of sp³-hybridized carbons (Fsp3) is 0.500.